The predicted molar refractivity (Wildman–Crippen MR) is 176 cm³/mol. The van der Waals surface area contributed by atoms with Gasteiger partial charge in [0.1, 0.15) is 0 Å². The van der Waals surface area contributed by atoms with Crippen molar-refractivity contribution in [1.82, 2.24) is 9.88 Å². The van der Waals surface area contributed by atoms with Gasteiger partial charge in [-0.05, 0) is 96.9 Å². The highest BCUT2D eigenvalue weighted by Crippen LogP contribution is 2.29. The van der Waals surface area contributed by atoms with Crippen molar-refractivity contribution in [2.75, 3.05) is 25.0 Å². The molecule has 0 saturated heterocycles. The van der Waals surface area contributed by atoms with Crippen molar-refractivity contribution < 1.29 is 9.59 Å². The molecular weight excluding hydrogens is 530 g/mol. The molecular formula is C38H39N3O2. The maximum Gasteiger partial charge on any atom is 0.258 e. The summed E-state index contributed by atoms with van der Waals surface area (Å²) in [6.45, 7) is 5.20. The molecule has 0 unspecified atom stereocenters. The Morgan fingerprint density at radius 3 is 2.63 bits per heavy atom. The number of hydrogen-bond donors (Lipinski definition) is 0. The maximum atomic E-state index is 14.1. The van der Waals surface area contributed by atoms with Crippen LogP contribution in [-0.4, -0.2) is 41.7 Å². The summed E-state index contributed by atoms with van der Waals surface area (Å²) in [4.78, 5) is 35.2. The first-order valence-electron chi connectivity index (χ1n) is 15.0. The largest absolute Gasteiger partial charge is 0.376 e. The van der Waals surface area contributed by atoms with Gasteiger partial charge >= 0.3 is 0 Å². The minimum Gasteiger partial charge on any atom is -0.376 e. The van der Waals surface area contributed by atoms with E-state index in [9.17, 15) is 9.59 Å². The predicted octanol–water partition coefficient (Wildman–Crippen LogP) is 7.54. The number of carbonyl (C=O) groups is 2. The lowest BCUT2D eigenvalue weighted by atomic mass is 9.97. The molecule has 3 aromatic rings. The monoisotopic (exact) mass is 569 g/mol. The molecule has 1 amide bonds. The van der Waals surface area contributed by atoms with Crippen molar-refractivity contribution in [3.05, 3.63) is 149 Å². The highest BCUT2D eigenvalue weighted by molar-refractivity contribution is 6.07. The molecule has 0 fully saturated rings. The van der Waals surface area contributed by atoms with Gasteiger partial charge < -0.3 is 9.80 Å². The fraction of sp³-hybridized carbons (Fsp3) is 0.237. The number of aromatic nitrogens is 1. The number of pyridine rings is 1. The molecule has 43 heavy (non-hydrogen) atoms. The van der Waals surface area contributed by atoms with E-state index in [4.69, 9.17) is 0 Å². The number of nitrogens with zero attached hydrogens (tertiary/aromatic N) is 3. The van der Waals surface area contributed by atoms with Gasteiger partial charge in [0.05, 0.1) is 6.54 Å². The summed E-state index contributed by atoms with van der Waals surface area (Å²) in [6, 6.07) is 20.0. The minimum atomic E-state index is -0.0442. The van der Waals surface area contributed by atoms with Gasteiger partial charge in [-0.1, -0.05) is 66.8 Å². The zero-order valence-corrected chi connectivity index (χ0v) is 25.3. The Morgan fingerprint density at radius 1 is 1.02 bits per heavy atom. The zero-order valence-electron chi connectivity index (χ0n) is 25.3. The number of benzene rings is 2. The third kappa shape index (κ3) is 7.36. The highest BCUT2D eigenvalue weighted by atomic mass is 16.2. The minimum absolute atomic E-state index is 0.0442. The van der Waals surface area contributed by atoms with Crippen LogP contribution in [0.4, 0.5) is 5.69 Å². The normalized spacial score (nSPS) is 16.5. The second kappa shape index (κ2) is 13.9. The molecule has 0 spiro atoms. The van der Waals surface area contributed by atoms with E-state index in [1.807, 2.05) is 78.6 Å². The fourth-order valence-electron chi connectivity index (χ4n) is 5.48. The van der Waals surface area contributed by atoms with Crippen molar-refractivity contribution in [2.24, 2.45) is 0 Å². The molecule has 2 heterocycles. The van der Waals surface area contributed by atoms with Gasteiger partial charge in [0.25, 0.3) is 5.91 Å². The molecule has 5 heteroatoms. The number of rotatable bonds is 7. The van der Waals surface area contributed by atoms with Crippen LogP contribution in [0.5, 0.6) is 0 Å². The number of amides is 1. The Kier molecular flexibility index (Phi) is 9.63. The van der Waals surface area contributed by atoms with Crippen LogP contribution in [0, 0.1) is 0 Å². The second-order valence-electron chi connectivity index (χ2n) is 11.2. The van der Waals surface area contributed by atoms with E-state index in [2.05, 4.69) is 54.2 Å². The van der Waals surface area contributed by atoms with E-state index in [-0.39, 0.29) is 11.7 Å². The van der Waals surface area contributed by atoms with Crippen molar-refractivity contribution >= 4 is 23.0 Å². The average molecular weight is 570 g/mol. The summed E-state index contributed by atoms with van der Waals surface area (Å²) >= 11 is 0. The summed E-state index contributed by atoms with van der Waals surface area (Å²) in [7, 11) is 2.05. The molecule has 0 atom stereocenters. The molecule has 2 aromatic carbocycles. The van der Waals surface area contributed by atoms with Crippen LogP contribution in [0.1, 0.15) is 53.7 Å². The van der Waals surface area contributed by atoms with Gasteiger partial charge in [-0.15, -0.1) is 0 Å². The van der Waals surface area contributed by atoms with Crippen LogP contribution < -0.4 is 4.90 Å². The summed E-state index contributed by atoms with van der Waals surface area (Å²) in [5, 5.41) is 0. The van der Waals surface area contributed by atoms with E-state index in [0.717, 1.165) is 47.5 Å². The van der Waals surface area contributed by atoms with Crippen molar-refractivity contribution in [3.63, 3.8) is 0 Å². The van der Waals surface area contributed by atoms with E-state index < -0.39 is 0 Å². The average Bonchev–Trinajstić information content (AvgIpc) is 3.26. The number of aryl methyl sites for hydroxylation is 1. The third-order valence-corrected chi connectivity index (χ3v) is 8.19. The van der Waals surface area contributed by atoms with Crippen LogP contribution in [0.3, 0.4) is 0 Å². The molecule has 0 radical (unpaired) electrons. The van der Waals surface area contributed by atoms with Gasteiger partial charge in [0.15, 0.2) is 5.78 Å². The number of ketones is 1. The van der Waals surface area contributed by atoms with Gasteiger partial charge in [0.2, 0.25) is 0 Å². The first-order valence-corrected chi connectivity index (χ1v) is 15.0. The summed E-state index contributed by atoms with van der Waals surface area (Å²) in [6.07, 6.45) is 18.8. The number of likely N-dealkylation sites (N-methyl/N-ethyl adjacent to an activating group) is 1. The summed E-state index contributed by atoms with van der Waals surface area (Å²) in [5.74, 6) is 0.0643. The molecule has 0 N–H and O–H groups in total. The molecule has 1 aliphatic carbocycles. The Labute approximate surface area is 255 Å². The Morgan fingerprint density at radius 2 is 1.84 bits per heavy atom. The van der Waals surface area contributed by atoms with E-state index >= 15 is 0 Å². The number of anilines is 1. The number of allylic oxidation sites excluding steroid dienone is 9. The summed E-state index contributed by atoms with van der Waals surface area (Å²) in [5.41, 5.74) is 8.98. The molecule has 0 bridgehead atoms. The van der Waals surface area contributed by atoms with Crippen molar-refractivity contribution in [1.29, 1.82) is 0 Å². The van der Waals surface area contributed by atoms with Crippen LogP contribution in [-0.2, 0) is 17.6 Å². The lowest BCUT2D eigenvalue weighted by Gasteiger charge is -2.33. The number of Topliss-reactive ketones (excluding diaryl/α,β-unsaturated/α-hetero) is 1. The highest BCUT2D eigenvalue weighted by Gasteiger charge is 2.25. The van der Waals surface area contributed by atoms with Crippen LogP contribution in [0.2, 0.25) is 0 Å². The maximum absolute atomic E-state index is 14.1. The van der Waals surface area contributed by atoms with Gasteiger partial charge in [-0.2, -0.15) is 0 Å². The molecule has 0 saturated carbocycles. The van der Waals surface area contributed by atoms with Crippen LogP contribution in [0.15, 0.2) is 126 Å². The zero-order chi connectivity index (χ0) is 30.2. The van der Waals surface area contributed by atoms with Gasteiger partial charge in [-0.3, -0.25) is 14.6 Å². The number of fused-ring (bicyclic) bond motifs is 1. The van der Waals surface area contributed by atoms with Crippen molar-refractivity contribution in [3.8, 4) is 0 Å². The summed E-state index contributed by atoms with van der Waals surface area (Å²) < 4.78 is 0. The Hall–Kier alpha value is -4.77. The van der Waals surface area contributed by atoms with Gasteiger partial charge in [-0.25, -0.2) is 0 Å². The third-order valence-electron chi connectivity index (χ3n) is 8.19. The lowest BCUT2D eigenvalue weighted by molar-refractivity contribution is -0.115. The van der Waals surface area contributed by atoms with E-state index in [0.29, 0.717) is 30.5 Å². The topological polar surface area (TPSA) is 53.5 Å². The van der Waals surface area contributed by atoms with Crippen LogP contribution in [0.25, 0.3) is 5.57 Å². The molecule has 5 rings (SSSR count). The first-order chi connectivity index (χ1) is 20.9. The number of para-hydroxylation sites is 1. The SMILES string of the molecule is CC1=CC=CCC=C1c1ccc(C(=O)N2C/C(=C/C=C(\C)C(=O)CCc3cccnc3)N(C)CCc3ccccc32)cc1. The first kappa shape index (κ1) is 29.7. The van der Waals surface area contributed by atoms with E-state index in [1.165, 1.54) is 11.1 Å². The Balaban J connectivity index is 1.39. The second-order valence-corrected chi connectivity index (χ2v) is 11.2. The van der Waals surface area contributed by atoms with E-state index in [1.54, 1.807) is 12.4 Å². The lowest BCUT2D eigenvalue weighted by Crippen LogP contribution is -2.39. The molecule has 5 nitrogen and oxygen atoms in total. The quantitative estimate of drug-likeness (QED) is 0.276. The van der Waals surface area contributed by atoms with Crippen LogP contribution >= 0.6 is 0 Å². The molecule has 2 aliphatic rings. The smallest absolute Gasteiger partial charge is 0.258 e. The number of hydrogen-bond acceptors (Lipinski definition) is 4. The molecule has 1 aromatic heterocycles. The Bertz CT molecular complexity index is 1630. The molecule has 218 valence electrons. The van der Waals surface area contributed by atoms with Gasteiger partial charge in [0, 0.05) is 49.4 Å². The standard InChI is InChI=1S/C38H39N3O2/c1-28-10-5-4-6-13-35(28)31-17-19-33(20-18-31)38(43)41-27-34(40(3)25-23-32-12-7-8-14-36(32)41)21-15-29(2)37(42)22-16-30-11-9-24-39-26-30/h4-5,7-15,17-21,24,26H,6,16,22-23,25,27H2,1-3H3/b29-15+,34-21-. The number of carbonyl (C=O) groups excluding carboxylic acids is 2. The molecule has 1 aliphatic heterocycles. The van der Waals surface area contributed by atoms with Crippen molar-refractivity contribution in [2.45, 2.75) is 39.5 Å². The fourth-order valence-corrected chi connectivity index (χ4v) is 5.48.